The lowest BCUT2D eigenvalue weighted by atomic mass is 9.92. The van der Waals surface area contributed by atoms with E-state index in [-0.39, 0.29) is 11.6 Å². The van der Waals surface area contributed by atoms with Crippen LogP contribution in [0.1, 0.15) is 60.6 Å². The van der Waals surface area contributed by atoms with Crippen LogP contribution >= 0.6 is 0 Å². The topological polar surface area (TPSA) is 38.1 Å². The zero-order valence-electron chi connectivity index (χ0n) is 12.9. The third-order valence-electron chi connectivity index (χ3n) is 4.70. The van der Waals surface area contributed by atoms with Gasteiger partial charge >= 0.3 is 6.18 Å². The standard InChI is InChI=1S/C16H20F3N3O/c1-11-4-6-12(7-5-11)22-14(16(17,18)19)13(10-20-22)15(23)21-8-2-3-9-21/h10,12H,1-9H2. The molecule has 0 spiro atoms. The molecule has 0 unspecified atom stereocenters. The normalized spacial score (nSPS) is 20.3. The summed E-state index contributed by atoms with van der Waals surface area (Å²) >= 11 is 0. The molecule has 23 heavy (non-hydrogen) atoms. The second-order valence-electron chi connectivity index (χ2n) is 6.33. The van der Waals surface area contributed by atoms with Crippen LogP contribution in [0.3, 0.4) is 0 Å². The molecular formula is C16H20F3N3O. The highest BCUT2D eigenvalue weighted by molar-refractivity contribution is 5.95. The van der Waals surface area contributed by atoms with Crippen LogP contribution in [0.15, 0.2) is 18.3 Å². The number of hydrogen-bond acceptors (Lipinski definition) is 2. The van der Waals surface area contributed by atoms with Gasteiger partial charge in [-0.2, -0.15) is 18.3 Å². The first-order valence-electron chi connectivity index (χ1n) is 7.98. The molecule has 2 heterocycles. The Hall–Kier alpha value is -1.79. The van der Waals surface area contributed by atoms with Gasteiger partial charge in [-0.05, 0) is 38.5 Å². The molecule has 1 saturated heterocycles. The molecule has 1 saturated carbocycles. The first-order chi connectivity index (χ1) is 10.9. The Labute approximate surface area is 132 Å². The molecule has 0 radical (unpaired) electrons. The minimum atomic E-state index is -4.59. The maximum atomic E-state index is 13.6. The molecule has 126 valence electrons. The largest absolute Gasteiger partial charge is 0.433 e. The maximum absolute atomic E-state index is 13.6. The van der Waals surface area contributed by atoms with Crippen molar-refractivity contribution >= 4 is 5.91 Å². The molecule has 0 atom stereocenters. The average molecular weight is 327 g/mol. The van der Waals surface area contributed by atoms with Crippen LogP contribution in [-0.2, 0) is 6.18 Å². The Balaban J connectivity index is 1.94. The van der Waals surface area contributed by atoms with E-state index in [2.05, 4.69) is 11.7 Å². The van der Waals surface area contributed by atoms with Crippen molar-refractivity contribution < 1.29 is 18.0 Å². The Morgan fingerprint density at radius 3 is 2.39 bits per heavy atom. The van der Waals surface area contributed by atoms with Crippen molar-refractivity contribution in [3.63, 3.8) is 0 Å². The highest BCUT2D eigenvalue weighted by Gasteiger charge is 2.42. The van der Waals surface area contributed by atoms with Crippen LogP contribution in [0, 0.1) is 0 Å². The molecule has 2 aliphatic rings. The number of aromatic nitrogens is 2. The van der Waals surface area contributed by atoms with E-state index in [0.717, 1.165) is 29.3 Å². The molecule has 3 rings (SSSR count). The van der Waals surface area contributed by atoms with Crippen LogP contribution in [0.2, 0.25) is 0 Å². The van der Waals surface area contributed by atoms with Crippen LogP contribution < -0.4 is 0 Å². The second-order valence-corrected chi connectivity index (χ2v) is 6.33. The summed E-state index contributed by atoms with van der Waals surface area (Å²) in [6.07, 6.45) is 0.761. The summed E-state index contributed by atoms with van der Waals surface area (Å²) in [5, 5.41) is 3.94. The van der Waals surface area contributed by atoms with Gasteiger partial charge in [0.05, 0.1) is 17.8 Å². The highest BCUT2D eigenvalue weighted by atomic mass is 19.4. The van der Waals surface area contributed by atoms with Crippen molar-refractivity contribution in [3.05, 3.63) is 29.6 Å². The van der Waals surface area contributed by atoms with Crippen molar-refractivity contribution in [2.75, 3.05) is 13.1 Å². The Morgan fingerprint density at radius 1 is 1.22 bits per heavy atom. The zero-order valence-corrected chi connectivity index (χ0v) is 12.9. The molecule has 2 fully saturated rings. The summed E-state index contributed by atoms with van der Waals surface area (Å²) in [6.45, 7) is 4.92. The van der Waals surface area contributed by atoms with E-state index in [1.165, 1.54) is 4.90 Å². The first-order valence-corrected chi connectivity index (χ1v) is 7.98. The fourth-order valence-corrected chi connectivity index (χ4v) is 3.42. The molecule has 1 aliphatic heterocycles. The van der Waals surface area contributed by atoms with Crippen LogP contribution in [0.4, 0.5) is 13.2 Å². The van der Waals surface area contributed by atoms with Gasteiger partial charge in [-0.15, -0.1) is 0 Å². The third kappa shape index (κ3) is 3.14. The third-order valence-corrected chi connectivity index (χ3v) is 4.70. The van der Waals surface area contributed by atoms with Crippen LogP contribution in [0.5, 0.6) is 0 Å². The molecule has 4 nitrogen and oxygen atoms in total. The number of allylic oxidation sites excluding steroid dienone is 1. The van der Waals surface area contributed by atoms with E-state index in [9.17, 15) is 18.0 Å². The van der Waals surface area contributed by atoms with Gasteiger partial charge in [0.25, 0.3) is 5.91 Å². The van der Waals surface area contributed by atoms with E-state index in [0.29, 0.717) is 38.8 Å². The van der Waals surface area contributed by atoms with Gasteiger partial charge in [-0.1, -0.05) is 12.2 Å². The lowest BCUT2D eigenvalue weighted by molar-refractivity contribution is -0.145. The lowest BCUT2D eigenvalue weighted by Crippen LogP contribution is -2.30. The van der Waals surface area contributed by atoms with E-state index in [1.54, 1.807) is 0 Å². The number of carbonyl (C=O) groups is 1. The van der Waals surface area contributed by atoms with Crippen molar-refractivity contribution in [2.24, 2.45) is 0 Å². The van der Waals surface area contributed by atoms with Gasteiger partial charge in [0, 0.05) is 13.1 Å². The minimum Gasteiger partial charge on any atom is -0.339 e. The van der Waals surface area contributed by atoms with Crippen molar-refractivity contribution in [1.82, 2.24) is 14.7 Å². The smallest absolute Gasteiger partial charge is 0.339 e. The number of halogens is 3. The molecule has 7 heteroatoms. The minimum absolute atomic E-state index is 0.316. The van der Waals surface area contributed by atoms with Crippen LogP contribution in [-0.4, -0.2) is 33.7 Å². The summed E-state index contributed by atoms with van der Waals surface area (Å²) in [4.78, 5) is 13.9. The number of alkyl halides is 3. The number of carbonyl (C=O) groups excluding carboxylic acids is 1. The van der Waals surface area contributed by atoms with E-state index in [4.69, 9.17) is 0 Å². The summed E-state index contributed by atoms with van der Waals surface area (Å²) in [6, 6.07) is -0.322. The number of hydrogen-bond donors (Lipinski definition) is 0. The fraction of sp³-hybridized carbons (Fsp3) is 0.625. The Kier molecular flexibility index (Phi) is 4.21. The summed E-state index contributed by atoms with van der Waals surface area (Å²) < 4.78 is 41.7. The van der Waals surface area contributed by atoms with Gasteiger partial charge in [-0.25, -0.2) is 0 Å². The summed E-state index contributed by atoms with van der Waals surface area (Å²) in [5.41, 5.74) is -0.147. The molecule has 1 aromatic heterocycles. The SMILES string of the molecule is C=C1CCC(n2ncc(C(=O)N3CCCC3)c2C(F)(F)F)CC1. The quantitative estimate of drug-likeness (QED) is 0.775. The monoisotopic (exact) mass is 327 g/mol. The molecule has 1 aromatic rings. The maximum Gasteiger partial charge on any atom is 0.433 e. The van der Waals surface area contributed by atoms with Gasteiger partial charge in [-0.3, -0.25) is 9.48 Å². The van der Waals surface area contributed by atoms with Gasteiger partial charge in [0.15, 0.2) is 5.69 Å². The predicted molar refractivity (Wildman–Crippen MR) is 79.0 cm³/mol. The van der Waals surface area contributed by atoms with E-state index in [1.807, 2.05) is 0 Å². The van der Waals surface area contributed by atoms with Crippen molar-refractivity contribution in [1.29, 1.82) is 0 Å². The zero-order chi connectivity index (χ0) is 16.6. The Morgan fingerprint density at radius 2 is 1.83 bits per heavy atom. The molecule has 0 N–H and O–H groups in total. The van der Waals surface area contributed by atoms with Gasteiger partial charge in [0.1, 0.15) is 0 Å². The first kappa shape index (κ1) is 16.1. The average Bonchev–Trinajstić information content (AvgIpc) is 3.16. The molecule has 0 aromatic carbocycles. The Bertz CT molecular complexity index is 605. The molecule has 1 aliphatic carbocycles. The van der Waals surface area contributed by atoms with E-state index >= 15 is 0 Å². The number of likely N-dealkylation sites (tertiary alicyclic amines) is 1. The fourth-order valence-electron chi connectivity index (χ4n) is 3.42. The molecule has 1 amide bonds. The van der Waals surface area contributed by atoms with Crippen molar-refractivity contribution in [3.8, 4) is 0 Å². The molecule has 0 bridgehead atoms. The van der Waals surface area contributed by atoms with Crippen molar-refractivity contribution in [2.45, 2.75) is 50.7 Å². The van der Waals surface area contributed by atoms with Gasteiger partial charge in [0.2, 0.25) is 0 Å². The summed E-state index contributed by atoms with van der Waals surface area (Å²) in [5.74, 6) is -0.554. The van der Waals surface area contributed by atoms with Gasteiger partial charge < -0.3 is 4.90 Å². The second kappa shape index (κ2) is 6.02. The summed E-state index contributed by atoms with van der Waals surface area (Å²) in [7, 11) is 0. The number of amides is 1. The molecular weight excluding hydrogens is 307 g/mol. The number of rotatable bonds is 2. The lowest BCUT2D eigenvalue weighted by Gasteiger charge is -2.26. The number of nitrogens with zero attached hydrogens (tertiary/aromatic N) is 3. The van der Waals surface area contributed by atoms with Crippen LogP contribution in [0.25, 0.3) is 0 Å². The predicted octanol–water partition coefficient (Wildman–Crippen LogP) is 3.81. The van der Waals surface area contributed by atoms with E-state index < -0.39 is 17.8 Å². The highest BCUT2D eigenvalue weighted by Crippen LogP contribution is 2.38.